The fourth-order valence-electron chi connectivity index (χ4n) is 3.68. The van der Waals surface area contributed by atoms with Gasteiger partial charge in [-0.25, -0.2) is 4.79 Å². The topological polar surface area (TPSA) is 55.8 Å². The monoisotopic (exact) mass is 289 g/mol. The molecule has 5 heteroatoms. The zero-order valence-electron chi connectivity index (χ0n) is 12.8. The maximum Gasteiger partial charge on any atom is 0.318 e. The van der Waals surface area contributed by atoms with Crippen LogP contribution < -0.4 is 10.2 Å². The molecule has 0 radical (unpaired) electrons. The van der Waals surface area contributed by atoms with Gasteiger partial charge < -0.3 is 20.2 Å². The summed E-state index contributed by atoms with van der Waals surface area (Å²) in [6.07, 6.45) is 0. The Morgan fingerprint density at radius 3 is 2.81 bits per heavy atom. The van der Waals surface area contributed by atoms with E-state index in [0.717, 1.165) is 6.54 Å². The molecule has 21 heavy (non-hydrogen) atoms. The normalized spacial score (nSPS) is 27.0. The number of anilines is 1. The molecule has 3 rings (SSSR count). The largest absolute Gasteiger partial charge is 0.394 e. The van der Waals surface area contributed by atoms with Crippen molar-refractivity contribution in [3.63, 3.8) is 0 Å². The molecule has 0 aromatic heterocycles. The zero-order chi connectivity index (χ0) is 15.1. The first-order chi connectivity index (χ1) is 10.0. The van der Waals surface area contributed by atoms with Crippen molar-refractivity contribution in [1.29, 1.82) is 0 Å². The van der Waals surface area contributed by atoms with Crippen LogP contribution in [0, 0.1) is 0 Å². The van der Waals surface area contributed by atoms with Crippen LogP contribution in [0.25, 0.3) is 0 Å². The molecular weight excluding hydrogens is 266 g/mol. The van der Waals surface area contributed by atoms with E-state index in [1.54, 1.807) is 0 Å². The van der Waals surface area contributed by atoms with Crippen molar-refractivity contribution in [2.75, 3.05) is 25.1 Å². The van der Waals surface area contributed by atoms with Gasteiger partial charge in [0.15, 0.2) is 0 Å². The minimum absolute atomic E-state index is 0.00469. The summed E-state index contributed by atoms with van der Waals surface area (Å²) in [5, 5.41) is 12.7. The van der Waals surface area contributed by atoms with Gasteiger partial charge in [0.05, 0.1) is 18.7 Å². The quantitative estimate of drug-likeness (QED) is 0.865. The van der Waals surface area contributed by atoms with Crippen LogP contribution in [-0.4, -0.2) is 54.4 Å². The van der Waals surface area contributed by atoms with Gasteiger partial charge in [-0.15, -0.1) is 0 Å². The van der Waals surface area contributed by atoms with E-state index in [4.69, 9.17) is 0 Å². The molecule has 5 nitrogen and oxygen atoms in total. The van der Waals surface area contributed by atoms with Gasteiger partial charge in [0, 0.05) is 31.2 Å². The third-order valence-electron chi connectivity index (χ3n) is 4.55. The number of rotatable bonds is 2. The highest BCUT2D eigenvalue weighted by Crippen LogP contribution is 2.47. The predicted molar refractivity (Wildman–Crippen MR) is 82.6 cm³/mol. The minimum atomic E-state index is -0.122. The van der Waals surface area contributed by atoms with Crippen LogP contribution >= 0.6 is 0 Å². The first-order valence-corrected chi connectivity index (χ1v) is 7.54. The first kappa shape index (κ1) is 14.2. The molecule has 0 spiro atoms. The summed E-state index contributed by atoms with van der Waals surface area (Å²) in [5.41, 5.74) is 2.45. The number of benzene rings is 1. The SMILES string of the molecule is CC(C)NC(=O)N1[C@@H]2CN(C)c3ccccc3[C@@H]2[C@@H]1CO. The van der Waals surface area contributed by atoms with Crippen LogP contribution in [-0.2, 0) is 0 Å². The Kier molecular flexibility index (Phi) is 3.53. The van der Waals surface area contributed by atoms with Crippen LogP contribution in [0.2, 0.25) is 0 Å². The molecule has 2 aliphatic heterocycles. The molecule has 2 N–H and O–H groups in total. The zero-order valence-corrected chi connectivity index (χ0v) is 12.8. The molecule has 0 bridgehead atoms. The lowest BCUT2D eigenvalue weighted by Gasteiger charge is -2.58. The van der Waals surface area contributed by atoms with Crippen LogP contribution in [0.5, 0.6) is 0 Å². The average molecular weight is 289 g/mol. The van der Waals surface area contributed by atoms with E-state index in [9.17, 15) is 9.90 Å². The summed E-state index contributed by atoms with van der Waals surface area (Å²) < 4.78 is 0. The Hall–Kier alpha value is -1.75. The number of urea groups is 1. The Balaban J connectivity index is 1.89. The van der Waals surface area contributed by atoms with Crippen LogP contribution in [0.3, 0.4) is 0 Å². The molecule has 2 heterocycles. The standard InChI is InChI=1S/C16H23N3O2/c1-10(2)17-16(21)19-13-8-18(3)12-7-5-4-6-11(12)15(13)14(19)9-20/h4-7,10,13-15,20H,8-9H2,1-3H3,(H,17,21)/t13-,14+,15+/m1/s1. The molecule has 2 amide bonds. The van der Waals surface area contributed by atoms with Gasteiger partial charge in [-0.1, -0.05) is 18.2 Å². The number of likely N-dealkylation sites (tertiary alicyclic amines) is 1. The van der Waals surface area contributed by atoms with E-state index in [2.05, 4.69) is 29.4 Å². The van der Waals surface area contributed by atoms with E-state index in [1.165, 1.54) is 11.3 Å². The number of para-hydroxylation sites is 1. The lowest BCUT2D eigenvalue weighted by Crippen LogP contribution is -2.71. The second-order valence-corrected chi connectivity index (χ2v) is 6.29. The highest BCUT2D eigenvalue weighted by atomic mass is 16.3. The van der Waals surface area contributed by atoms with Gasteiger partial charge in [0.2, 0.25) is 0 Å². The highest BCUT2D eigenvalue weighted by Gasteiger charge is 2.54. The Morgan fingerprint density at radius 1 is 1.43 bits per heavy atom. The summed E-state index contributed by atoms with van der Waals surface area (Å²) >= 11 is 0. The number of carbonyl (C=O) groups excluding carboxylic acids is 1. The van der Waals surface area contributed by atoms with E-state index in [0.29, 0.717) is 0 Å². The number of carbonyl (C=O) groups is 1. The van der Waals surface area contributed by atoms with Crippen molar-refractivity contribution < 1.29 is 9.90 Å². The molecule has 114 valence electrons. The van der Waals surface area contributed by atoms with E-state index < -0.39 is 0 Å². The van der Waals surface area contributed by atoms with Gasteiger partial charge in [0.1, 0.15) is 0 Å². The molecule has 1 aromatic carbocycles. The van der Waals surface area contributed by atoms with Crippen molar-refractivity contribution in [3.05, 3.63) is 29.8 Å². The Labute approximate surface area is 125 Å². The Bertz CT molecular complexity index is 546. The summed E-state index contributed by atoms with van der Waals surface area (Å²) in [6, 6.07) is 8.33. The summed E-state index contributed by atoms with van der Waals surface area (Å²) in [4.78, 5) is 16.4. The summed E-state index contributed by atoms with van der Waals surface area (Å²) in [5.74, 6) is 0.236. The number of nitrogens with zero attached hydrogens (tertiary/aromatic N) is 2. The minimum Gasteiger partial charge on any atom is -0.394 e. The lowest BCUT2D eigenvalue weighted by atomic mass is 9.72. The number of amides is 2. The molecule has 0 aliphatic carbocycles. The molecule has 2 aliphatic rings. The molecular formula is C16H23N3O2. The Morgan fingerprint density at radius 2 is 2.14 bits per heavy atom. The van der Waals surface area contributed by atoms with Crippen molar-refractivity contribution >= 4 is 11.7 Å². The van der Waals surface area contributed by atoms with Crippen LogP contribution in [0.1, 0.15) is 25.3 Å². The van der Waals surface area contributed by atoms with Crippen molar-refractivity contribution in [2.45, 2.75) is 37.9 Å². The number of hydrogen-bond donors (Lipinski definition) is 2. The van der Waals surface area contributed by atoms with Crippen LogP contribution in [0.4, 0.5) is 10.5 Å². The third kappa shape index (κ3) is 2.16. The fraction of sp³-hybridized carbons (Fsp3) is 0.562. The van der Waals surface area contributed by atoms with Gasteiger partial charge in [-0.3, -0.25) is 0 Å². The number of aliphatic hydroxyl groups is 1. The number of nitrogens with one attached hydrogen (secondary N) is 1. The van der Waals surface area contributed by atoms with Gasteiger partial charge >= 0.3 is 6.03 Å². The average Bonchev–Trinajstić information content (AvgIpc) is 2.41. The van der Waals surface area contributed by atoms with E-state index >= 15 is 0 Å². The maximum atomic E-state index is 12.4. The first-order valence-electron chi connectivity index (χ1n) is 7.54. The van der Waals surface area contributed by atoms with Crippen molar-refractivity contribution in [2.24, 2.45) is 0 Å². The van der Waals surface area contributed by atoms with Crippen LogP contribution in [0.15, 0.2) is 24.3 Å². The highest BCUT2D eigenvalue weighted by molar-refractivity contribution is 5.78. The molecule has 1 saturated heterocycles. The molecule has 1 aromatic rings. The molecule has 0 saturated carbocycles. The maximum absolute atomic E-state index is 12.4. The third-order valence-corrected chi connectivity index (χ3v) is 4.55. The van der Waals surface area contributed by atoms with Crippen molar-refractivity contribution in [1.82, 2.24) is 10.2 Å². The lowest BCUT2D eigenvalue weighted by molar-refractivity contribution is -0.00784. The number of likely N-dealkylation sites (N-methyl/N-ethyl adjacent to an activating group) is 1. The number of hydrogen-bond acceptors (Lipinski definition) is 3. The molecule has 1 fully saturated rings. The second-order valence-electron chi connectivity index (χ2n) is 6.29. The predicted octanol–water partition coefficient (Wildman–Crippen LogP) is 1.38. The number of fused-ring (bicyclic) bond motifs is 3. The summed E-state index contributed by atoms with van der Waals surface area (Å²) in [6.45, 7) is 4.71. The fourth-order valence-corrected chi connectivity index (χ4v) is 3.68. The molecule has 3 atom stereocenters. The van der Waals surface area contributed by atoms with Gasteiger partial charge in [0.25, 0.3) is 0 Å². The van der Waals surface area contributed by atoms with Crippen molar-refractivity contribution in [3.8, 4) is 0 Å². The smallest absolute Gasteiger partial charge is 0.318 e. The van der Waals surface area contributed by atoms with Gasteiger partial charge in [-0.05, 0) is 25.5 Å². The van der Waals surface area contributed by atoms with E-state index in [-0.39, 0.29) is 36.7 Å². The molecule has 0 unspecified atom stereocenters. The van der Waals surface area contributed by atoms with Gasteiger partial charge in [-0.2, -0.15) is 0 Å². The number of aliphatic hydroxyl groups excluding tert-OH is 1. The van der Waals surface area contributed by atoms with E-state index in [1.807, 2.05) is 30.9 Å². The summed E-state index contributed by atoms with van der Waals surface area (Å²) in [7, 11) is 2.06. The second kappa shape index (κ2) is 5.22.